The summed E-state index contributed by atoms with van der Waals surface area (Å²) in [4.78, 5) is 2.36. The van der Waals surface area contributed by atoms with E-state index in [0.29, 0.717) is 0 Å². The van der Waals surface area contributed by atoms with Crippen molar-refractivity contribution in [3.8, 4) is 11.1 Å². The molecule has 0 aliphatic heterocycles. The summed E-state index contributed by atoms with van der Waals surface area (Å²) in [5.41, 5.74) is 5.83. The van der Waals surface area contributed by atoms with Crippen LogP contribution in [0.2, 0.25) is 0 Å². The maximum atomic E-state index is 3.66. The number of para-hydroxylation sites is 1. The third-order valence-corrected chi connectivity index (χ3v) is 5.80. The van der Waals surface area contributed by atoms with Gasteiger partial charge in [0.2, 0.25) is 0 Å². The van der Waals surface area contributed by atoms with Crippen molar-refractivity contribution >= 4 is 43.8 Å². The van der Waals surface area contributed by atoms with Crippen LogP contribution < -0.4 is 4.90 Å². The Morgan fingerprint density at radius 1 is 0.533 bits per heavy atom. The summed E-state index contributed by atoms with van der Waals surface area (Å²) in [6, 6.07) is 42.7. The average Bonchev–Trinajstić information content (AvgIpc) is 2.80. The Labute approximate surface area is 185 Å². The topological polar surface area (TPSA) is 3.24 Å². The zero-order valence-corrected chi connectivity index (χ0v) is 18.0. The summed E-state index contributed by atoms with van der Waals surface area (Å²) in [7, 11) is 0. The van der Waals surface area contributed by atoms with E-state index in [4.69, 9.17) is 0 Å². The maximum absolute atomic E-state index is 3.66. The Balaban J connectivity index is 1.81. The van der Waals surface area contributed by atoms with Crippen LogP contribution in [0.1, 0.15) is 0 Å². The molecule has 0 aromatic heterocycles. The Hall–Kier alpha value is -3.36. The number of nitrogens with zero attached hydrogens (tertiary/aromatic N) is 1. The van der Waals surface area contributed by atoms with Gasteiger partial charge in [0.05, 0.1) is 11.4 Å². The summed E-state index contributed by atoms with van der Waals surface area (Å²) in [5, 5.41) is 2.45. The molecule has 1 nitrogen and oxygen atoms in total. The third kappa shape index (κ3) is 3.51. The fourth-order valence-corrected chi connectivity index (χ4v) is 4.34. The third-order valence-electron chi connectivity index (χ3n) is 5.30. The van der Waals surface area contributed by atoms with Gasteiger partial charge in [0.15, 0.2) is 0 Å². The van der Waals surface area contributed by atoms with E-state index < -0.39 is 0 Å². The summed E-state index contributed by atoms with van der Waals surface area (Å²) < 4.78 is 1.06. The molecule has 0 saturated heterocycles. The minimum Gasteiger partial charge on any atom is -0.309 e. The average molecular weight is 450 g/mol. The molecule has 0 fully saturated rings. The van der Waals surface area contributed by atoms with Gasteiger partial charge in [-0.1, -0.05) is 107 Å². The molecule has 5 aromatic rings. The summed E-state index contributed by atoms with van der Waals surface area (Å²) in [5.74, 6) is 0. The second kappa shape index (κ2) is 8.17. The molecule has 0 amide bonds. The van der Waals surface area contributed by atoms with Crippen LogP contribution in [-0.2, 0) is 0 Å². The van der Waals surface area contributed by atoms with Crippen LogP contribution in [0.15, 0.2) is 126 Å². The molecule has 0 heterocycles. The van der Waals surface area contributed by atoms with Gasteiger partial charge >= 0.3 is 0 Å². The molecule has 5 rings (SSSR count). The molecule has 0 bridgehead atoms. The molecule has 30 heavy (non-hydrogen) atoms. The summed E-state index contributed by atoms with van der Waals surface area (Å²) in [6.45, 7) is 0. The van der Waals surface area contributed by atoms with E-state index in [1.807, 2.05) is 0 Å². The van der Waals surface area contributed by atoms with Crippen molar-refractivity contribution in [3.63, 3.8) is 0 Å². The minimum absolute atomic E-state index is 1.06. The van der Waals surface area contributed by atoms with Crippen LogP contribution in [0.3, 0.4) is 0 Å². The molecular formula is C28H20BrN. The Morgan fingerprint density at radius 2 is 1.20 bits per heavy atom. The molecule has 5 aromatic carbocycles. The van der Waals surface area contributed by atoms with Crippen LogP contribution in [-0.4, -0.2) is 0 Å². The molecule has 0 atom stereocenters. The standard InChI is InChI=1S/C28H20BrN/c29-23-14-9-15-24(20-23)30(28-19-8-13-22-12-4-5-16-26(22)28)27-18-7-6-17-25(27)21-10-2-1-3-11-21/h1-20H. The van der Waals surface area contributed by atoms with Gasteiger partial charge in [0, 0.05) is 21.1 Å². The number of anilines is 3. The van der Waals surface area contributed by atoms with Gasteiger partial charge in [0.25, 0.3) is 0 Å². The van der Waals surface area contributed by atoms with Crippen molar-refractivity contribution in [1.29, 1.82) is 0 Å². The van der Waals surface area contributed by atoms with Crippen molar-refractivity contribution in [3.05, 3.63) is 126 Å². The van der Waals surface area contributed by atoms with Crippen molar-refractivity contribution in [1.82, 2.24) is 0 Å². The maximum Gasteiger partial charge on any atom is 0.0540 e. The molecule has 144 valence electrons. The van der Waals surface area contributed by atoms with Gasteiger partial charge < -0.3 is 4.90 Å². The molecule has 0 radical (unpaired) electrons. The number of fused-ring (bicyclic) bond motifs is 1. The fraction of sp³-hybridized carbons (Fsp3) is 0. The van der Waals surface area contributed by atoms with Crippen LogP contribution >= 0.6 is 15.9 Å². The van der Waals surface area contributed by atoms with Gasteiger partial charge in [-0.25, -0.2) is 0 Å². The molecule has 0 N–H and O–H groups in total. The minimum atomic E-state index is 1.06. The van der Waals surface area contributed by atoms with Gasteiger partial charge in [-0.2, -0.15) is 0 Å². The second-order valence-corrected chi connectivity index (χ2v) is 8.11. The lowest BCUT2D eigenvalue weighted by molar-refractivity contribution is 1.29. The fourth-order valence-electron chi connectivity index (χ4n) is 3.96. The van der Waals surface area contributed by atoms with E-state index >= 15 is 0 Å². The van der Waals surface area contributed by atoms with Gasteiger partial charge in [-0.15, -0.1) is 0 Å². The Morgan fingerprint density at radius 3 is 2.07 bits per heavy atom. The monoisotopic (exact) mass is 449 g/mol. The van der Waals surface area contributed by atoms with Crippen molar-refractivity contribution in [2.24, 2.45) is 0 Å². The van der Waals surface area contributed by atoms with Crippen LogP contribution in [0.25, 0.3) is 21.9 Å². The largest absolute Gasteiger partial charge is 0.309 e. The van der Waals surface area contributed by atoms with Gasteiger partial charge in [0.1, 0.15) is 0 Å². The Bertz CT molecular complexity index is 1310. The van der Waals surface area contributed by atoms with Crippen molar-refractivity contribution < 1.29 is 0 Å². The number of benzene rings is 5. The number of rotatable bonds is 4. The number of halogens is 1. The molecular weight excluding hydrogens is 430 g/mol. The van der Waals surface area contributed by atoms with E-state index in [-0.39, 0.29) is 0 Å². The molecule has 0 spiro atoms. The highest BCUT2D eigenvalue weighted by atomic mass is 79.9. The van der Waals surface area contributed by atoms with Crippen molar-refractivity contribution in [2.75, 3.05) is 4.90 Å². The van der Waals surface area contributed by atoms with E-state index in [2.05, 4.69) is 142 Å². The first-order valence-corrected chi connectivity index (χ1v) is 10.8. The zero-order chi connectivity index (χ0) is 20.3. The zero-order valence-electron chi connectivity index (χ0n) is 16.4. The second-order valence-electron chi connectivity index (χ2n) is 7.20. The highest BCUT2D eigenvalue weighted by Crippen LogP contribution is 2.43. The Kier molecular flexibility index (Phi) is 5.08. The first-order chi connectivity index (χ1) is 14.8. The highest BCUT2D eigenvalue weighted by Gasteiger charge is 2.18. The van der Waals surface area contributed by atoms with E-state index in [9.17, 15) is 0 Å². The lowest BCUT2D eigenvalue weighted by atomic mass is 10.0. The van der Waals surface area contributed by atoms with Crippen LogP contribution in [0, 0.1) is 0 Å². The first kappa shape index (κ1) is 18.7. The summed E-state index contributed by atoms with van der Waals surface area (Å²) in [6.07, 6.45) is 0. The van der Waals surface area contributed by atoms with Crippen molar-refractivity contribution in [2.45, 2.75) is 0 Å². The normalized spacial score (nSPS) is 10.8. The van der Waals surface area contributed by atoms with Crippen LogP contribution in [0.5, 0.6) is 0 Å². The number of hydrogen-bond acceptors (Lipinski definition) is 1. The predicted octanol–water partition coefficient (Wildman–Crippen LogP) is 8.74. The quantitative estimate of drug-likeness (QED) is 0.265. The summed E-state index contributed by atoms with van der Waals surface area (Å²) >= 11 is 3.66. The molecule has 2 heteroatoms. The first-order valence-electron chi connectivity index (χ1n) is 9.99. The smallest absolute Gasteiger partial charge is 0.0540 e. The lowest BCUT2D eigenvalue weighted by Crippen LogP contribution is -2.11. The van der Waals surface area contributed by atoms with Gasteiger partial charge in [-0.05, 0) is 41.3 Å². The van der Waals surface area contributed by atoms with E-state index in [1.165, 1.54) is 21.9 Å². The molecule has 0 saturated carbocycles. The molecule has 0 aliphatic carbocycles. The number of hydrogen-bond donors (Lipinski definition) is 0. The van der Waals surface area contributed by atoms with Crippen LogP contribution in [0.4, 0.5) is 17.1 Å². The van der Waals surface area contributed by atoms with E-state index in [0.717, 1.165) is 21.5 Å². The van der Waals surface area contributed by atoms with Gasteiger partial charge in [-0.3, -0.25) is 0 Å². The SMILES string of the molecule is Brc1cccc(N(c2ccccc2-c2ccccc2)c2cccc3ccccc23)c1. The molecule has 0 unspecified atom stereocenters. The lowest BCUT2D eigenvalue weighted by Gasteiger charge is -2.29. The van der Waals surface area contributed by atoms with E-state index in [1.54, 1.807) is 0 Å². The highest BCUT2D eigenvalue weighted by molar-refractivity contribution is 9.10. The molecule has 0 aliphatic rings. The predicted molar refractivity (Wildman–Crippen MR) is 132 cm³/mol.